The van der Waals surface area contributed by atoms with E-state index in [9.17, 15) is 27.6 Å². The molecule has 3 amide bonds. The molecule has 1 aliphatic rings. The van der Waals surface area contributed by atoms with Gasteiger partial charge in [-0.05, 0) is 60.7 Å². The van der Waals surface area contributed by atoms with E-state index in [-0.39, 0.29) is 22.2 Å². The Balaban J connectivity index is 1.75. The zero-order valence-electron chi connectivity index (χ0n) is 18.9. The van der Waals surface area contributed by atoms with Crippen LogP contribution in [0.5, 0.6) is 11.5 Å². The second-order valence-corrected chi connectivity index (χ2v) is 8.66. The standard InChI is InChI=1S/C24H20ClF3N2O5S/c1-3-8-35-21-17(25)9-14(10-18(21)34-4-2)11-19-22(32)30(23(33)36-19)13-20(31)29-16-7-5-6-15(12-16)24(26,27)28/h3,5-7,9-12H,1,4,8,13H2,2H3,(H,29,31)/b19-11-. The number of hydrogen-bond donors (Lipinski definition) is 1. The molecule has 1 fully saturated rings. The van der Waals surface area contributed by atoms with E-state index in [1.54, 1.807) is 19.1 Å². The van der Waals surface area contributed by atoms with Gasteiger partial charge in [-0.25, -0.2) is 0 Å². The number of carbonyl (C=O) groups is 3. The van der Waals surface area contributed by atoms with Gasteiger partial charge in [0.1, 0.15) is 13.2 Å². The van der Waals surface area contributed by atoms with Gasteiger partial charge < -0.3 is 14.8 Å². The van der Waals surface area contributed by atoms with Gasteiger partial charge in [0.2, 0.25) is 5.91 Å². The Morgan fingerprint density at radius 2 is 1.97 bits per heavy atom. The summed E-state index contributed by atoms with van der Waals surface area (Å²) in [4.78, 5) is 38.3. The van der Waals surface area contributed by atoms with E-state index in [1.807, 2.05) is 0 Å². The number of anilines is 1. The summed E-state index contributed by atoms with van der Waals surface area (Å²) in [7, 11) is 0. The summed E-state index contributed by atoms with van der Waals surface area (Å²) < 4.78 is 49.7. The van der Waals surface area contributed by atoms with Crippen LogP contribution in [0.25, 0.3) is 6.08 Å². The predicted molar refractivity (Wildman–Crippen MR) is 131 cm³/mol. The Hall–Kier alpha value is -3.44. The molecule has 1 N–H and O–H groups in total. The molecule has 0 saturated carbocycles. The highest BCUT2D eigenvalue weighted by Gasteiger charge is 2.36. The first-order chi connectivity index (χ1) is 17.0. The van der Waals surface area contributed by atoms with E-state index in [2.05, 4.69) is 11.9 Å². The molecule has 0 spiro atoms. The molecule has 12 heteroatoms. The molecule has 1 saturated heterocycles. The predicted octanol–water partition coefficient (Wildman–Crippen LogP) is 6.00. The number of hydrogen-bond acceptors (Lipinski definition) is 6. The van der Waals surface area contributed by atoms with Gasteiger partial charge in [0.05, 0.1) is 22.1 Å². The SMILES string of the molecule is C=CCOc1c(Cl)cc(/C=C2\SC(=O)N(CC(=O)Nc3cccc(C(F)(F)F)c3)C2=O)cc1OCC. The quantitative estimate of drug-likeness (QED) is 0.310. The highest BCUT2D eigenvalue weighted by atomic mass is 35.5. The number of halogens is 4. The maximum Gasteiger partial charge on any atom is 0.416 e. The van der Waals surface area contributed by atoms with Crippen molar-refractivity contribution in [2.24, 2.45) is 0 Å². The van der Waals surface area contributed by atoms with Gasteiger partial charge in [-0.1, -0.05) is 30.3 Å². The van der Waals surface area contributed by atoms with Crippen LogP contribution in [0.2, 0.25) is 5.02 Å². The fraction of sp³-hybridized carbons (Fsp3) is 0.208. The third-order valence-corrected chi connectivity index (χ3v) is 5.81. The van der Waals surface area contributed by atoms with Crippen molar-refractivity contribution in [3.8, 4) is 11.5 Å². The van der Waals surface area contributed by atoms with Crippen LogP contribution in [-0.2, 0) is 15.8 Å². The Labute approximate surface area is 213 Å². The van der Waals surface area contributed by atoms with Gasteiger partial charge in [-0.3, -0.25) is 19.3 Å². The molecular weight excluding hydrogens is 521 g/mol. The van der Waals surface area contributed by atoms with Crippen molar-refractivity contribution >= 4 is 52.2 Å². The summed E-state index contributed by atoms with van der Waals surface area (Å²) in [6, 6.07) is 7.13. The molecule has 1 heterocycles. The van der Waals surface area contributed by atoms with E-state index in [0.29, 0.717) is 40.3 Å². The Morgan fingerprint density at radius 1 is 1.22 bits per heavy atom. The maximum atomic E-state index is 12.9. The average Bonchev–Trinajstić information content (AvgIpc) is 3.05. The lowest BCUT2D eigenvalue weighted by Gasteiger charge is -2.14. The number of benzene rings is 2. The molecular formula is C24H20ClF3N2O5S. The molecule has 0 radical (unpaired) electrons. The third kappa shape index (κ3) is 6.61. The molecule has 0 aliphatic carbocycles. The zero-order valence-corrected chi connectivity index (χ0v) is 20.4. The molecule has 7 nitrogen and oxygen atoms in total. The number of rotatable bonds is 9. The summed E-state index contributed by atoms with van der Waals surface area (Å²) in [5.74, 6) is -0.929. The Bertz CT molecular complexity index is 1230. The Kier molecular flexibility index (Phi) is 8.70. The molecule has 0 bridgehead atoms. The van der Waals surface area contributed by atoms with Crippen LogP contribution in [0.15, 0.2) is 54.0 Å². The van der Waals surface area contributed by atoms with Gasteiger partial charge in [0, 0.05) is 5.69 Å². The van der Waals surface area contributed by atoms with Crippen molar-refractivity contribution in [3.63, 3.8) is 0 Å². The van der Waals surface area contributed by atoms with E-state index in [0.717, 1.165) is 18.2 Å². The molecule has 0 unspecified atom stereocenters. The van der Waals surface area contributed by atoms with Gasteiger partial charge in [0.15, 0.2) is 11.5 Å². The summed E-state index contributed by atoms with van der Waals surface area (Å²) in [6.45, 7) is 5.20. The van der Waals surface area contributed by atoms with Crippen LogP contribution in [0.1, 0.15) is 18.1 Å². The van der Waals surface area contributed by atoms with Crippen molar-refractivity contribution in [2.45, 2.75) is 13.1 Å². The Morgan fingerprint density at radius 3 is 2.64 bits per heavy atom. The minimum atomic E-state index is -4.58. The molecule has 2 aromatic carbocycles. The van der Waals surface area contributed by atoms with Crippen LogP contribution < -0.4 is 14.8 Å². The lowest BCUT2D eigenvalue weighted by Crippen LogP contribution is -2.36. The zero-order chi connectivity index (χ0) is 26.5. The van der Waals surface area contributed by atoms with E-state index in [1.165, 1.54) is 18.2 Å². The van der Waals surface area contributed by atoms with E-state index < -0.39 is 35.3 Å². The largest absolute Gasteiger partial charge is 0.490 e. The normalized spacial score (nSPS) is 14.8. The second-order valence-electron chi connectivity index (χ2n) is 7.26. The minimum Gasteiger partial charge on any atom is -0.490 e. The molecule has 2 aromatic rings. The van der Waals surface area contributed by atoms with Crippen LogP contribution >= 0.6 is 23.4 Å². The number of alkyl halides is 3. The highest BCUT2D eigenvalue weighted by Crippen LogP contribution is 2.39. The average molecular weight is 541 g/mol. The summed E-state index contributed by atoms with van der Waals surface area (Å²) >= 11 is 6.92. The minimum absolute atomic E-state index is 0.0325. The molecule has 0 atom stereocenters. The molecule has 190 valence electrons. The van der Waals surface area contributed by atoms with Crippen LogP contribution in [0.3, 0.4) is 0 Å². The number of carbonyl (C=O) groups excluding carboxylic acids is 3. The smallest absolute Gasteiger partial charge is 0.416 e. The van der Waals surface area contributed by atoms with Crippen molar-refractivity contribution < 1.29 is 37.0 Å². The van der Waals surface area contributed by atoms with Gasteiger partial charge in [-0.2, -0.15) is 13.2 Å². The van der Waals surface area contributed by atoms with Gasteiger partial charge in [0.25, 0.3) is 11.1 Å². The van der Waals surface area contributed by atoms with Crippen molar-refractivity contribution in [1.82, 2.24) is 4.90 Å². The molecule has 1 aliphatic heterocycles. The number of thioether (sulfide) groups is 1. The van der Waals surface area contributed by atoms with E-state index in [4.69, 9.17) is 21.1 Å². The second kappa shape index (κ2) is 11.5. The number of ether oxygens (including phenoxy) is 2. The summed E-state index contributed by atoms with van der Waals surface area (Å²) in [5, 5.41) is 1.79. The van der Waals surface area contributed by atoms with Crippen LogP contribution in [0.4, 0.5) is 23.7 Å². The van der Waals surface area contributed by atoms with Crippen molar-refractivity contribution in [1.29, 1.82) is 0 Å². The van der Waals surface area contributed by atoms with Crippen LogP contribution in [-0.4, -0.2) is 41.7 Å². The first-order valence-electron chi connectivity index (χ1n) is 10.5. The maximum absolute atomic E-state index is 12.9. The van der Waals surface area contributed by atoms with Crippen LogP contribution in [0, 0.1) is 0 Å². The monoisotopic (exact) mass is 540 g/mol. The summed E-state index contributed by atoms with van der Waals surface area (Å²) in [6.07, 6.45) is -1.63. The topological polar surface area (TPSA) is 84.9 Å². The van der Waals surface area contributed by atoms with Crippen molar-refractivity contribution in [2.75, 3.05) is 25.1 Å². The first kappa shape index (κ1) is 27.2. The number of imide groups is 1. The fourth-order valence-corrected chi connectivity index (χ4v) is 4.23. The van der Waals surface area contributed by atoms with Gasteiger partial charge in [-0.15, -0.1) is 0 Å². The lowest BCUT2D eigenvalue weighted by molar-refractivity contribution is -0.137. The van der Waals surface area contributed by atoms with Crippen molar-refractivity contribution in [3.05, 3.63) is 70.1 Å². The lowest BCUT2D eigenvalue weighted by atomic mass is 10.1. The fourth-order valence-electron chi connectivity index (χ4n) is 3.12. The number of amides is 3. The first-order valence-corrected chi connectivity index (χ1v) is 11.7. The summed E-state index contributed by atoms with van der Waals surface area (Å²) in [5.41, 5.74) is -0.608. The molecule has 3 rings (SSSR count). The number of nitrogens with one attached hydrogen (secondary N) is 1. The molecule has 36 heavy (non-hydrogen) atoms. The van der Waals surface area contributed by atoms with E-state index >= 15 is 0 Å². The number of nitrogens with zero attached hydrogens (tertiary/aromatic N) is 1. The third-order valence-electron chi connectivity index (χ3n) is 4.62. The van der Waals surface area contributed by atoms with Gasteiger partial charge >= 0.3 is 6.18 Å². The highest BCUT2D eigenvalue weighted by molar-refractivity contribution is 8.18. The molecule has 0 aromatic heterocycles.